The Kier molecular flexibility index (Phi) is 4.94. The molecular formula is C23H27N5O2S. The third kappa shape index (κ3) is 3.96. The minimum absolute atomic E-state index is 0.0532. The second kappa shape index (κ2) is 7.25. The van der Waals surface area contributed by atoms with E-state index in [1.807, 2.05) is 36.4 Å². The molecule has 1 aromatic heterocycles. The first-order valence-corrected chi connectivity index (χ1v) is 11.5. The van der Waals surface area contributed by atoms with Crippen LogP contribution in [0.25, 0.3) is 10.9 Å². The topological polar surface area (TPSA) is 100 Å². The average Bonchev–Trinajstić information content (AvgIpc) is 3.06. The molecule has 0 spiro atoms. The average molecular weight is 438 g/mol. The number of aromatic nitrogens is 1. The summed E-state index contributed by atoms with van der Waals surface area (Å²) in [5.74, 6) is 0.430. The van der Waals surface area contributed by atoms with Gasteiger partial charge in [0.05, 0.1) is 16.1 Å². The number of hydrogen-bond acceptors (Lipinski definition) is 6. The van der Waals surface area contributed by atoms with Crippen molar-refractivity contribution >= 4 is 32.4 Å². The minimum Gasteiger partial charge on any atom is -0.384 e. The van der Waals surface area contributed by atoms with E-state index < -0.39 is 15.7 Å². The van der Waals surface area contributed by atoms with Gasteiger partial charge in [0.25, 0.3) is 0 Å². The molecule has 162 valence electrons. The fourth-order valence-electron chi connectivity index (χ4n) is 3.70. The number of nitrogen functional groups attached to an aromatic ring is 1. The molecule has 8 heteroatoms. The van der Waals surface area contributed by atoms with Gasteiger partial charge in [0.15, 0.2) is 0 Å². The summed E-state index contributed by atoms with van der Waals surface area (Å²) in [5, 5.41) is 2.63. The van der Waals surface area contributed by atoms with E-state index in [1.165, 1.54) is 0 Å². The van der Waals surface area contributed by atoms with Crippen LogP contribution in [0.3, 0.4) is 0 Å². The molecule has 0 saturated heterocycles. The fraction of sp³-hybridized carbons (Fsp3) is 0.261. The highest BCUT2D eigenvalue weighted by Gasteiger charge is 2.38. The third-order valence-corrected chi connectivity index (χ3v) is 6.99. The zero-order valence-electron chi connectivity index (χ0n) is 18.0. The van der Waals surface area contributed by atoms with Gasteiger partial charge >= 0.3 is 0 Å². The number of nitrogens with two attached hydrogens (primary N) is 1. The maximum Gasteiger partial charge on any atom is 0.242 e. The lowest BCUT2D eigenvalue weighted by Gasteiger charge is -2.36. The molecule has 0 amide bonds. The molecule has 3 aromatic rings. The molecule has 0 radical (unpaired) electrons. The second-order valence-electron chi connectivity index (χ2n) is 8.91. The van der Waals surface area contributed by atoms with Crippen molar-refractivity contribution in [3.8, 4) is 0 Å². The number of pyridine rings is 1. The molecule has 1 unspecified atom stereocenters. The van der Waals surface area contributed by atoms with Gasteiger partial charge in [0.1, 0.15) is 11.5 Å². The highest BCUT2D eigenvalue weighted by atomic mass is 32.2. The zero-order chi connectivity index (χ0) is 22.4. The molecule has 31 heavy (non-hydrogen) atoms. The van der Waals surface area contributed by atoms with Crippen LogP contribution in [0.5, 0.6) is 0 Å². The lowest BCUT2D eigenvalue weighted by atomic mass is 9.87. The molecule has 2 heterocycles. The largest absolute Gasteiger partial charge is 0.384 e. The van der Waals surface area contributed by atoms with Gasteiger partial charge < -0.3 is 11.2 Å². The molecule has 0 aliphatic carbocycles. The molecule has 0 bridgehead atoms. The molecule has 0 fully saturated rings. The van der Waals surface area contributed by atoms with Gasteiger partial charge in [0, 0.05) is 11.6 Å². The van der Waals surface area contributed by atoms with E-state index in [-0.39, 0.29) is 10.3 Å². The number of sulfonamides is 1. The molecule has 0 saturated carbocycles. The predicted octanol–water partition coefficient (Wildman–Crippen LogP) is 3.65. The van der Waals surface area contributed by atoms with Crippen molar-refractivity contribution in [1.29, 1.82) is 0 Å². The predicted molar refractivity (Wildman–Crippen MR) is 125 cm³/mol. The Morgan fingerprint density at radius 3 is 2.45 bits per heavy atom. The van der Waals surface area contributed by atoms with Crippen LogP contribution < -0.4 is 20.9 Å². The van der Waals surface area contributed by atoms with Gasteiger partial charge in [-0.3, -0.25) is 5.01 Å². The standard InChI is InChI=1S/C23H27N5O2S/c1-22(2,3)16-8-10-17(11-9-16)31(29,30)27-23(4)14-15-25-28(23)20-7-5-6-19-18(20)12-13-21(24)26-19/h5-15,25,27H,1-4H3,(H2,24,26). The highest BCUT2D eigenvalue weighted by Crippen LogP contribution is 2.33. The molecule has 2 aromatic carbocycles. The SMILES string of the molecule is CC(C)(C)c1ccc(S(=O)(=O)NC2(C)C=CNN2c2cccc3nc(N)ccc23)cc1. The van der Waals surface area contributed by atoms with Crippen LogP contribution in [0.15, 0.2) is 71.8 Å². The number of hydrazine groups is 1. The Bertz CT molecular complexity index is 1260. The number of nitrogens with zero attached hydrogens (tertiary/aromatic N) is 2. The smallest absolute Gasteiger partial charge is 0.242 e. The van der Waals surface area contributed by atoms with E-state index in [1.54, 1.807) is 42.4 Å². The maximum absolute atomic E-state index is 13.2. The molecule has 7 nitrogen and oxygen atoms in total. The Morgan fingerprint density at radius 2 is 1.77 bits per heavy atom. The van der Waals surface area contributed by atoms with Gasteiger partial charge in [-0.1, -0.05) is 39.0 Å². The Balaban J connectivity index is 1.68. The summed E-state index contributed by atoms with van der Waals surface area (Å²) in [6.45, 7) is 8.08. The Morgan fingerprint density at radius 1 is 1.06 bits per heavy atom. The number of benzene rings is 2. The summed E-state index contributed by atoms with van der Waals surface area (Å²) in [7, 11) is -3.78. The molecule has 1 aliphatic heterocycles. The van der Waals surface area contributed by atoms with Crippen LogP contribution in [0, 0.1) is 0 Å². The van der Waals surface area contributed by atoms with E-state index >= 15 is 0 Å². The lowest BCUT2D eigenvalue weighted by Crippen LogP contribution is -2.58. The van der Waals surface area contributed by atoms with Gasteiger partial charge in [-0.05, 0) is 60.4 Å². The molecule has 4 rings (SSSR count). The van der Waals surface area contributed by atoms with E-state index in [4.69, 9.17) is 5.73 Å². The molecule has 4 N–H and O–H groups in total. The van der Waals surface area contributed by atoms with Gasteiger partial charge in [0.2, 0.25) is 10.0 Å². The van der Waals surface area contributed by atoms with E-state index in [0.29, 0.717) is 5.82 Å². The van der Waals surface area contributed by atoms with Crippen molar-refractivity contribution in [3.05, 3.63) is 72.4 Å². The van der Waals surface area contributed by atoms with Gasteiger partial charge in [-0.25, -0.2) is 13.4 Å². The number of anilines is 2. The second-order valence-corrected chi connectivity index (χ2v) is 10.6. The summed E-state index contributed by atoms with van der Waals surface area (Å²) in [4.78, 5) is 4.59. The monoisotopic (exact) mass is 437 g/mol. The van der Waals surface area contributed by atoms with Crippen molar-refractivity contribution in [2.45, 2.75) is 43.7 Å². The van der Waals surface area contributed by atoms with Gasteiger partial charge in [-0.2, -0.15) is 4.72 Å². The highest BCUT2D eigenvalue weighted by molar-refractivity contribution is 7.89. The first-order chi connectivity index (χ1) is 14.5. The number of hydrogen-bond donors (Lipinski definition) is 3. The van der Waals surface area contributed by atoms with Crippen molar-refractivity contribution in [2.24, 2.45) is 0 Å². The summed E-state index contributed by atoms with van der Waals surface area (Å²) in [6.07, 6.45) is 3.49. The molecular weight excluding hydrogens is 410 g/mol. The molecule has 1 aliphatic rings. The quantitative estimate of drug-likeness (QED) is 0.576. The summed E-state index contributed by atoms with van der Waals surface area (Å²) in [6, 6.07) is 16.3. The Labute approximate surface area is 183 Å². The van der Waals surface area contributed by atoms with Gasteiger partial charge in [-0.15, -0.1) is 0 Å². The Hall–Kier alpha value is -3.10. The van der Waals surface area contributed by atoms with Crippen molar-refractivity contribution in [3.63, 3.8) is 0 Å². The van der Waals surface area contributed by atoms with Crippen LogP contribution in [0.2, 0.25) is 0 Å². The number of nitrogens with one attached hydrogen (secondary N) is 2. The first-order valence-electron chi connectivity index (χ1n) is 10.0. The fourth-order valence-corrected chi connectivity index (χ4v) is 5.01. The van der Waals surface area contributed by atoms with Crippen LogP contribution in [-0.4, -0.2) is 19.1 Å². The number of fused-ring (bicyclic) bond motifs is 1. The summed E-state index contributed by atoms with van der Waals surface area (Å²) >= 11 is 0. The van der Waals surface area contributed by atoms with Crippen LogP contribution in [0.4, 0.5) is 11.5 Å². The van der Waals surface area contributed by atoms with E-state index in [2.05, 4.69) is 35.9 Å². The third-order valence-electron chi connectivity index (χ3n) is 5.42. The van der Waals surface area contributed by atoms with Crippen LogP contribution in [0.1, 0.15) is 33.3 Å². The normalized spacial score (nSPS) is 19.0. The van der Waals surface area contributed by atoms with Crippen molar-refractivity contribution in [2.75, 3.05) is 10.7 Å². The summed E-state index contributed by atoms with van der Waals surface area (Å²) < 4.78 is 29.3. The minimum atomic E-state index is -3.78. The number of rotatable bonds is 4. The van der Waals surface area contributed by atoms with Crippen LogP contribution >= 0.6 is 0 Å². The van der Waals surface area contributed by atoms with E-state index in [9.17, 15) is 8.42 Å². The van der Waals surface area contributed by atoms with Crippen LogP contribution in [-0.2, 0) is 15.4 Å². The maximum atomic E-state index is 13.2. The van der Waals surface area contributed by atoms with Crippen molar-refractivity contribution in [1.82, 2.24) is 15.1 Å². The first kappa shape index (κ1) is 21.1. The lowest BCUT2D eigenvalue weighted by molar-refractivity contribution is 0.473. The van der Waals surface area contributed by atoms with E-state index in [0.717, 1.165) is 22.2 Å². The molecule has 1 atom stereocenters. The van der Waals surface area contributed by atoms with Crippen molar-refractivity contribution < 1.29 is 8.42 Å². The zero-order valence-corrected chi connectivity index (χ0v) is 18.9. The summed E-state index contributed by atoms with van der Waals surface area (Å²) in [5.41, 5.74) is 10.5.